The van der Waals surface area contributed by atoms with Gasteiger partial charge in [-0.3, -0.25) is 0 Å². The Bertz CT molecular complexity index is 735. The highest BCUT2D eigenvalue weighted by atomic mass is 79.9. The summed E-state index contributed by atoms with van der Waals surface area (Å²) in [5.74, 6) is 0.969. The van der Waals surface area contributed by atoms with E-state index in [2.05, 4.69) is 70.6 Å². The molecule has 0 radical (unpaired) electrons. The van der Waals surface area contributed by atoms with Gasteiger partial charge in [0.25, 0.3) is 0 Å². The zero-order valence-electron chi connectivity index (χ0n) is 12.0. The van der Waals surface area contributed by atoms with Gasteiger partial charge in [-0.1, -0.05) is 49.4 Å². The van der Waals surface area contributed by atoms with E-state index in [0.717, 1.165) is 23.4 Å². The van der Waals surface area contributed by atoms with E-state index in [1.165, 1.54) is 16.3 Å². The number of benzene rings is 2. The van der Waals surface area contributed by atoms with E-state index in [9.17, 15) is 0 Å². The van der Waals surface area contributed by atoms with Crippen LogP contribution in [0.4, 0.5) is 0 Å². The molecule has 1 heterocycles. The van der Waals surface area contributed by atoms with Gasteiger partial charge < -0.3 is 9.73 Å². The van der Waals surface area contributed by atoms with Crippen LogP contribution in [-0.4, -0.2) is 6.54 Å². The van der Waals surface area contributed by atoms with Crippen molar-refractivity contribution in [3.63, 3.8) is 0 Å². The van der Waals surface area contributed by atoms with Crippen LogP contribution in [0.1, 0.15) is 24.3 Å². The molecule has 1 aromatic heterocycles. The maximum Gasteiger partial charge on any atom is 0.169 e. The number of rotatable bonds is 5. The average molecular weight is 344 g/mol. The maximum atomic E-state index is 5.71. The SMILES string of the molecule is CCNC(Cc1ccc2ccccc2c1)c1ccc(Br)o1. The fraction of sp³-hybridized carbons (Fsp3) is 0.222. The van der Waals surface area contributed by atoms with Crippen molar-refractivity contribution in [1.29, 1.82) is 0 Å². The van der Waals surface area contributed by atoms with Crippen LogP contribution in [0.5, 0.6) is 0 Å². The highest BCUT2D eigenvalue weighted by Gasteiger charge is 2.15. The monoisotopic (exact) mass is 343 g/mol. The van der Waals surface area contributed by atoms with Crippen molar-refractivity contribution in [1.82, 2.24) is 5.32 Å². The minimum absolute atomic E-state index is 0.197. The minimum atomic E-state index is 0.197. The third-order valence-electron chi connectivity index (χ3n) is 3.64. The van der Waals surface area contributed by atoms with Crippen LogP contribution in [0.25, 0.3) is 10.8 Å². The predicted octanol–water partition coefficient (Wildman–Crippen LogP) is 5.09. The first-order valence-corrected chi connectivity index (χ1v) is 8.02. The molecule has 21 heavy (non-hydrogen) atoms. The Balaban J connectivity index is 1.86. The summed E-state index contributed by atoms with van der Waals surface area (Å²) in [5, 5.41) is 6.06. The number of furan rings is 1. The molecule has 3 heteroatoms. The summed E-state index contributed by atoms with van der Waals surface area (Å²) in [5.41, 5.74) is 1.31. The molecule has 3 rings (SSSR count). The van der Waals surface area contributed by atoms with Gasteiger partial charge in [0.05, 0.1) is 6.04 Å². The normalized spacial score (nSPS) is 12.7. The molecule has 0 saturated heterocycles. The van der Waals surface area contributed by atoms with E-state index in [4.69, 9.17) is 4.42 Å². The van der Waals surface area contributed by atoms with E-state index in [1.54, 1.807) is 0 Å². The van der Waals surface area contributed by atoms with Crippen LogP contribution < -0.4 is 5.32 Å². The van der Waals surface area contributed by atoms with Gasteiger partial charge in [-0.25, -0.2) is 0 Å². The first kappa shape index (κ1) is 14.4. The molecular weight excluding hydrogens is 326 g/mol. The number of nitrogens with one attached hydrogen (secondary N) is 1. The topological polar surface area (TPSA) is 25.2 Å². The van der Waals surface area contributed by atoms with Gasteiger partial charge in [-0.2, -0.15) is 0 Å². The number of hydrogen-bond acceptors (Lipinski definition) is 2. The fourth-order valence-electron chi connectivity index (χ4n) is 2.64. The van der Waals surface area contributed by atoms with Gasteiger partial charge in [-0.05, 0) is 57.4 Å². The number of halogens is 1. The fourth-order valence-corrected chi connectivity index (χ4v) is 2.96. The number of hydrogen-bond donors (Lipinski definition) is 1. The van der Waals surface area contributed by atoms with Crippen molar-refractivity contribution in [2.75, 3.05) is 6.54 Å². The van der Waals surface area contributed by atoms with Crippen LogP contribution in [0.3, 0.4) is 0 Å². The summed E-state index contributed by atoms with van der Waals surface area (Å²) >= 11 is 3.38. The molecule has 3 aromatic rings. The molecule has 0 saturated carbocycles. The lowest BCUT2D eigenvalue weighted by Gasteiger charge is -2.16. The van der Waals surface area contributed by atoms with Gasteiger partial charge in [0.2, 0.25) is 0 Å². The summed E-state index contributed by atoms with van der Waals surface area (Å²) < 4.78 is 6.49. The quantitative estimate of drug-likeness (QED) is 0.698. The summed E-state index contributed by atoms with van der Waals surface area (Å²) in [6.07, 6.45) is 0.915. The molecule has 0 aliphatic heterocycles. The second-order valence-electron chi connectivity index (χ2n) is 5.14. The molecule has 2 nitrogen and oxygen atoms in total. The van der Waals surface area contributed by atoms with E-state index in [-0.39, 0.29) is 6.04 Å². The second kappa shape index (κ2) is 6.46. The second-order valence-corrected chi connectivity index (χ2v) is 5.92. The van der Waals surface area contributed by atoms with Gasteiger partial charge >= 0.3 is 0 Å². The van der Waals surface area contributed by atoms with E-state index in [0.29, 0.717) is 0 Å². The van der Waals surface area contributed by atoms with Crippen LogP contribution >= 0.6 is 15.9 Å². The van der Waals surface area contributed by atoms with Crippen molar-refractivity contribution >= 4 is 26.7 Å². The zero-order valence-corrected chi connectivity index (χ0v) is 13.6. The largest absolute Gasteiger partial charge is 0.453 e. The number of fused-ring (bicyclic) bond motifs is 1. The Hall–Kier alpha value is -1.58. The van der Waals surface area contributed by atoms with Crippen LogP contribution in [-0.2, 0) is 6.42 Å². The lowest BCUT2D eigenvalue weighted by Crippen LogP contribution is -2.22. The number of likely N-dealkylation sites (N-methyl/N-ethyl adjacent to an activating group) is 1. The average Bonchev–Trinajstić information content (AvgIpc) is 2.93. The van der Waals surface area contributed by atoms with Crippen molar-refractivity contribution in [2.45, 2.75) is 19.4 Å². The Morgan fingerprint density at radius 3 is 2.57 bits per heavy atom. The Kier molecular flexibility index (Phi) is 4.42. The molecule has 0 aliphatic carbocycles. The highest BCUT2D eigenvalue weighted by molar-refractivity contribution is 9.10. The Morgan fingerprint density at radius 1 is 1.05 bits per heavy atom. The first-order valence-electron chi connectivity index (χ1n) is 7.22. The maximum absolute atomic E-state index is 5.71. The van der Waals surface area contributed by atoms with Gasteiger partial charge in [0.15, 0.2) is 4.67 Å². The molecule has 0 spiro atoms. The molecule has 0 aliphatic rings. The van der Waals surface area contributed by atoms with Crippen LogP contribution in [0.2, 0.25) is 0 Å². The third-order valence-corrected chi connectivity index (χ3v) is 4.07. The summed E-state index contributed by atoms with van der Waals surface area (Å²) in [7, 11) is 0. The lowest BCUT2D eigenvalue weighted by molar-refractivity contribution is 0.405. The first-order chi connectivity index (χ1) is 10.3. The molecule has 1 atom stereocenters. The van der Waals surface area contributed by atoms with Crippen molar-refractivity contribution in [3.8, 4) is 0 Å². The Labute approximate surface area is 133 Å². The van der Waals surface area contributed by atoms with Gasteiger partial charge in [-0.15, -0.1) is 0 Å². The van der Waals surface area contributed by atoms with Gasteiger partial charge in [0.1, 0.15) is 5.76 Å². The van der Waals surface area contributed by atoms with E-state index >= 15 is 0 Å². The van der Waals surface area contributed by atoms with Crippen LogP contribution in [0, 0.1) is 0 Å². The zero-order chi connectivity index (χ0) is 14.7. The molecule has 108 valence electrons. The summed E-state index contributed by atoms with van der Waals surface area (Å²) in [6.45, 7) is 3.03. The molecule has 1 N–H and O–H groups in total. The Morgan fingerprint density at radius 2 is 1.86 bits per heavy atom. The van der Waals surface area contributed by atoms with E-state index < -0.39 is 0 Å². The molecule has 0 fully saturated rings. The molecule has 1 unspecified atom stereocenters. The van der Waals surface area contributed by atoms with Crippen molar-refractivity contribution in [3.05, 3.63) is 70.6 Å². The van der Waals surface area contributed by atoms with Crippen LogP contribution in [0.15, 0.2) is 63.7 Å². The molecular formula is C18H18BrNO. The summed E-state index contributed by atoms with van der Waals surface area (Å²) in [6, 6.07) is 19.3. The predicted molar refractivity (Wildman–Crippen MR) is 90.5 cm³/mol. The van der Waals surface area contributed by atoms with E-state index in [1.807, 2.05) is 12.1 Å². The molecule has 0 amide bonds. The smallest absolute Gasteiger partial charge is 0.169 e. The van der Waals surface area contributed by atoms with Crippen molar-refractivity contribution < 1.29 is 4.42 Å². The highest BCUT2D eigenvalue weighted by Crippen LogP contribution is 2.25. The molecule has 2 aromatic carbocycles. The van der Waals surface area contributed by atoms with Gasteiger partial charge in [0, 0.05) is 0 Å². The van der Waals surface area contributed by atoms with Crippen molar-refractivity contribution in [2.24, 2.45) is 0 Å². The third kappa shape index (κ3) is 3.36. The standard InChI is InChI=1S/C18H18BrNO/c1-2-20-16(17-9-10-18(19)21-17)12-13-7-8-14-5-3-4-6-15(14)11-13/h3-11,16,20H,2,12H2,1H3. The lowest BCUT2D eigenvalue weighted by atomic mass is 10.0. The minimum Gasteiger partial charge on any atom is -0.453 e. The summed E-state index contributed by atoms with van der Waals surface area (Å²) in [4.78, 5) is 0. The molecule has 0 bridgehead atoms.